The third kappa shape index (κ3) is 4.40. The molecule has 0 bridgehead atoms. The maximum absolute atomic E-state index is 11.0. The van der Waals surface area contributed by atoms with Crippen molar-refractivity contribution in [2.75, 3.05) is 13.2 Å². The number of ether oxygens (including phenoxy) is 1. The van der Waals surface area contributed by atoms with Gasteiger partial charge in [-0.2, -0.15) is 0 Å². The van der Waals surface area contributed by atoms with Crippen molar-refractivity contribution in [1.82, 2.24) is 5.32 Å². The van der Waals surface area contributed by atoms with Gasteiger partial charge in [0.25, 0.3) is 0 Å². The molecule has 0 saturated heterocycles. The van der Waals surface area contributed by atoms with Crippen molar-refractivity contribution >= 4 is 17.6 Å². The second-order valence-corrected chi connectivity index (χ2v) is 5.38. The quantitative estimate of drug-likeness (QED) is 0.809. The number of hydrogen-bond donors (Lipinski definition) is 2. The zero-order chi connectivity index (χ0) is 14.5. The van der Waals surface area contributed by atoms with Crippen LogP contribution in [-0.2, 0) is 11.3 Å². The Kier molecular flexibility index (Phi) is 5.63. The van der Waals surface area contributed by atoms with Crippen molar-refractivity contribution in [1.29, 1.82) is 0 Å². The summed E-state index contributed by atoms with van der Waals surface area (Å²) in [5.74, 6) is -0.259. The Morgan fingerprint density at radius 1 is 1.47 bits per heavy atom. The monoisotopic (exact) mass is 285 g/mol. The molecule has 0 amide bonds. The minimum atomic E-state index is -0.933. The van der Waals surface area contributed by atoms with Crippen LogP contribution >= 0.6 is 11.6 Å². The van der Waals surface area contributed by atoms with Crippen molar-refractivity contribution in [3.05, 3.63) is 28.8 Å². The summed E-state index contributed by atoms with van der Waals surface area (Å²) in [6.07, 6.45) is 0. The Morgan fingerprint density at radius 3 is 2.74 bits per heavy atom. The number of benzene rings is 1. The normalized spacial score (nSPS) is 11.4. The number of halogens is 1. The summed E-state index contributed by atoms with van der Waals surface area (Å²) in [5.41, 5.74) is -0.0789. The van der Waals surface area contributed by atoms with Gasteiger partial charge in [0.1, 0.15) is 12.4 Å². The Morgan fingerprint density at radius 2 is 2.16 bits per heavy atom. The third-order valence-corrected chi connectivity index (χ3v) is 3.15. The topological polar surface area (TPSA) is 58.6 Å². The van der Waals surface area contributed by atoms with Gasteiger partial charge < -0.3 is 15.2 Å². The van der Waals surface area contributed by atoms with Crippen LogP contribution in [0, 0.1) is 5.41 Å². The summed E-state index contributed by atoms with van der Waals surface area (Å²) in [5, 5.41) is 12.9. The minimum absolute atomic E-state index is 0.0990. The number of carboxylic acid groups (broad SMARTS) is 1. The van der Waals surface area contributed by atoms with E-state index in [1.807, 2.05) is 6.92 Å². The van der Waals surface area contributed by atoms with Gasteiger partial charge in [-0.1, -0.05) is 24.6 Å². The molecule has 4 nitrogen and oxygen atoms in total. The van der Waals surface area contributed by atoms with Crippen LogP contribution in [0.15, 0.2) is 18.2 Å². The Bertz CT molecular complexity index is 446. The molecule has 1 rings (SSSR count). The van der Waals surface area contributed by atoms with Crippen LogP contribution in [0.2, 0.25) is 5.02 Å². The van der Waals surface area contributed by atoms with E-state index in [9.17, 15) is 4.79 Å². The number of hydrogen-bond acceptors (Lipinski definition) is 3. The molecule has 0 saturated carbocycles. The van der Waals surface area contributed by atoms with Gasteiger partial charge >= 0.3 is 5.97 Å². The highest BCUT2D eigenvalue weighted by molar-refractivity contribution is 6.31. The molecule has 0 fully saturated rings. The molecule has 0 aliphatic rings. The van der Waals surface area contributed by atoms with Crippen LogP contribution in [0.5, 0.6) is 5.75 Å². The molecule has 2 N–H and O–H groups in total. The summed E-state index contributed by atoms with van der Waals surface area (Å²) < 4.78 is 5.64. The maximum Gasteiger partial charge on any atom is 0.312 e. The van der Waals surface area contributed by atoms with Crippen LogP contribution in [0.1, 0.15) is 26.3 Å². The standard InChI is InChI=1S/C14H20ClNO3/c1-4-16-8-10-11(15)6-5-7-12(10)19-9-14(2,3)13(17)18/h5-7,16H,4,8-9H2,1-3H3,(H,17,18). The van der Waals surface area contributed by atoms with E-state index in [4.69, 9.17) is 21.4 Å². The average Bonchev–Trinajstić information content (AvgIpc) is 2.35. The van der Waals surface area contributed by atoms with E-state index in [-0.39, 0.29) is 6.61 Å². The zero-order valence-corrected chi connectivity index (χ0v) is 12.3. The first-order valence-electron chi connectivity index (χ1n) is 6.22. The summed E-state index contributed by atoms with van der Waals surface area (Å²) in [6, 6.07) is 5.39. The van der Waals surface area contributed by atoms with Gasteiger partial charge in [0.05, 0.1) is 5.41 Å². The molecule has 0 unspecified atom stereocenters. The Balaban J connectivity index is 2.83. The number of nitrogens with one attached hydrogen (secondary N) is 1. The second-order valence-electron chi connectivity index (χ2n) is 4.97. The van der Waals surface area contributed by atoms with Crippen LogP contribution in [0.25, 0.3) is 0 Å². The predicted octanol–water partition coefficient (Wildman–Crippen LogP) is 2.94. The Hall–Kier alpha value is -1.26. The molecule has 0 aromatic heterocycles. The first-order chi connectivity index (χ1) is 8.88. The lowest BCUT2D eigenvalue weighted by Gasteiger charge is -2.21. The third-order valence-electron chi connectivity index (χ3n) is 2.80. The molecule has 106 valence electrons. The molecule has 0 atom stereocenters. The smallest absolute Gasteiger partial charge is 0.312 e. The fourth-order valence-electron chi connectivity index (χ4n) is 1.42. The summed E-state index contributed by atoms with van der Waals surface area (Å²) in [4.78, 5) is 11.0. The van der Waals surface area contributed by atoms with E-state index < -0.39 is 11.4 Å². The summed E-state index contributed by atoms with van der Waals surface area (Å²) in [6.45, 7) is 6.78. The molecule has 1 aromatic rings. The number of carbonyl (C=O) groups is 1. The van der Waals surface area contributed by atoms with Crippen molar-refractivity contribution in [2.24, 2.45) is 5.41 Å². The SMILES string of the molecule is CCNCc1c(Cl)cccc1OCC(C)(C)C(=O)O. The predicted molar refractivity (Wildman–Crippen MR) is 75.7 cm³/mol. The number of rotatable bonds is 7. The van der Waals surface area contributed by atoms with Gasteiger partial charge in [0.2, 0.25) is 0 Å². The van der Waals surface area contributed by atoms with Gasteiger partial charge in [-0.3, -0.25) is 4.79 Å². The van der Waals surface area contributed by atoms with E-state index in [0.29, 0.717) is 17.3 Å². The largest absolute Gasteiger partial charge is 0.492 e. The van der Waals surface area contributed by atoms with Gasteiger partial charge in [-0.25, -0.2) is 0 Å². The molecule has 1 aromatic carbocycles. The lowest BCUT2D eigenvalue weighted by molar-refractivity contribution is -0.148. The zero-order valence-electron chi connectivity index (χ0n) is 11.5. The second kappa shape index (κ2) is 6.78. The molecule has 0 spiro atoms. The van der Waals surface area contributed by atoms with E-state index >= 15 is 0 Å². The number of carboxylic acids is 1. The highest BCUT2D eigenvalue weighted by atomic mass is 35.5. The molecule has 0 aliphatic heterocycles. The lowest BCUT2D eigenvalue weighted by Crippen LogP contribution is -2.31. The molecule has 0 heterocycles. The van der Waals surface area contributed by atoms with Crippen molar-refractivity contribution in [3.8, 4) is 5.75 Å². The van der Waals surface area contributed by atoms with Crippen molar-refractivity contribution in [2.45, 2.75) is 27.3 Å². The van der Waals surface area contributed by atoms with E-state index in [1.165, 1.54) is 0 Å². The van der Waals surface area contributed by atoms with Crippen molar-refractivity contribution in [3.63, 3.8) is 0 Å². The van der Waals surface area contributed by atoms with Gasteiger partial charge in [-0.15, -0.1) is 0 Å². The van der Waals surface area contributed by atoms with Crippen LogP contribution < -0.4 is 10.1 Å². The minimum Gasteiger partial charge on any atom is -0.492 e. The molecular weight excluding hydrogens is 266 g/mol. The maximum atomic E-state index is 11.0. The molecule has 5 heteroatoms. The molecule has 19 heavy (non-hydrogen) atoms. The lowest BCUT2D eigenvalue weighted by atomic mass is 9.95. The average molecular weight is 286 g/mol. The first kappa shape index (κ1) is 15.8. The van der Waals surface area contributed by atoms with Crippen LogP contribution in [-0.4, -0.2) is 24.2 Å². The Labute approximate surface area is 118 Å². The van der Waals surface area contributed by atoms with Gasteiger partial charge in [-0.05, 0) is 32.5 Å². The van der Waals surface area contributed by atoms with Crippen LogP contribution in [0.3, 0.4) is 0 Å². The van der Waals surface area contributed by atoms with Crippen LogP contribution in [0.4, 0.5) is 0 Å². The molecule has 0 aliphatic carbocycles. The number of aliphatic carboxylic acids is 1. The highest BCUT2D eigenvalue weighted by Crippen LogP contribution is 2.28. The fourth-order valence-corrected chi connectivity index (χ4v) is 1.65. The van der Waals surface area contributed by atoms with Gasteiger partial charge in [0, 0.05) is 17.1 Å². The molecular formula is C14H20ClNO3. The summed E-state index contributed by atoms with van der Waals surface area (Å²) in [7, 11) is 0. The van der Waals surface area contributed by atoms with E-state index in [0.717, 1.165) is 12.1 Å². The van der Waals surface area contributed by atoms with Gasteiger partial charge in [0.15, 0.2) is 0 Å². The first-order valence-corrected chi connectivity index (χ1v) is 6.60. The van der Waals surface area contributed by atoms with E-state index in [2.05, 4.69) is 5.32 Å². The summed E-state index contributed by atoms with van der Waals surface area (Å²) >= 11 is 6.14. The fraction of sp³-hybridized carbons (Fsp3) is 0.500. The van der Waals surface area contributed by atoms with E-state index in [1.54, 1.807) is 32.0 Å². The van der Waals surface area contributed by atoms with Crippen molar-refractivity contribution < 1.29 is 14.6 Å². The molecule has 0 radical (unpaired) electrons. The highest BCUT2D eigenvalue weighted by Gasteiger charge is 2.28.